The molecule has 0 amide bonds. The Morgan fingerprint density at radius 2 is 2.27 bits per heavy atom. The van der Waals surface area contributed by atoms with Gasteiger partial charge in [-0.1, -0.05) is 0 Å². The summed E-state index contributed by atoms with van der Waals surface area (Å²) >= 11 is 0. The lowest BCUT2D eigenvalue weighted by Crippen LogP contribution is -2.07. The number of carboxylic acid groups (broad SMARTS) is 1. The van der Waals surface area contributed by atoms with Gasteiger partial charge in [0, 0.05) is 5.69 Å². The second-order valence-corrected chi connectivity index (χ2v) is 2.73. The first kappa shape index (κ1) is 10.9. The van der Waals surface area contributed by atoms with Crippen LogP contribution in [-0.4, -0.2) is 28.1 Å². The number of ether oxygens (including phenoxy) is 1. The summed E-state index contributed by atoms with van der Waals surface area (Å²) < 4.78 is 4.66. The molecule has 7 heteroatoms. The monoisotopic (exact) mass is 212 g/mol. The highest BCUT2D eigenvalue weighted by Gasteiger charge is 2.27. The lowest BCUT2D eigenvalue weighted by Gasteiger charge is -2.04. The molecule has 80 valence electrons. The quantitative estimate of drug-likeness (QED) is 0.592. The topological polar surface area (TPSA) is 103 Å². The number of aromatic carboxylic acids is 1. The van der Waals surface area contributed by atoms with Crippen LogP contribution in [-0.2, 0) is 0 Å². The van der Waals surface area contributed by atoms with Crippen molar-refractivity contribution < 1.29 is 19.6 Å². The van der Waals surface area contributed by atoms with E-state index in [1.807, 2.05) is 0 Å². The van der Waals surface area contributed by atoms with Gasteiger partial charge in [0.1, 0.15) is 5.56 Å². The molecule has 0 saturated carbocycles. The molecule has 1 rings (SSSR count). The largest absolute Gasteiger partial charge is 0.477 e. The fourth-order valence-corrected chi connectivity index (χ4v) is 1.12. The van der Waals surface area contributed by atoms with Crippen molar-refractivity contribution in [2.75, 3.05) is 7.11 Å². The first-order valence-electron chi connectivity index (χ1n) is 3.90. The van der Waals surface area contributed by atoms with Gasteiger partial charge in [-0.2, -0.15) is 0 Å². The van der Waals surface area contributed by atoms with E-state index in [4.69, 9.17) is 5.11 Å². The van der Waals surface area contributed by atoms with Crippen LogP contribution in [0.1, 0.15) is 16.1 Å². The van der Waals surface area contributed by atoms with Crippen LogP contribution in [0.2, 0.25) is 0 Å². The number of rotatable bonds is 3. The summed E-state index contributed by atoms with van der Waals surface area (Å²) in [7, 11) is 1.19. The van der Waals surface area contributed by atoms with Gasteiger partial charge in [0.15, 0.2) is 0 Å². The summed E-state index contributed by atoms with van der Waals surface area (Å²) in [6.07, 6.45) is 0. The molecular formula is C8H8N2O5. The molecule has 1 heterocycles. The van der Waals surface area contributed by atoms with E-state index in [1.54, 1.807) is 0 Å². The van der Waals surface area contributed by atoms with Gasteiger partial charge in [-0.25, -0.2) is 9.78 Å². The molecular weight excluding hydrogens is 204 g/mol. The molecule has 0 bridgehead atoms. The van der Waals surface area contributed by atoms with Crippen molar-refractivity contribution in [1.29, 1.82) is 0 Å². The lowest BCUT2D eigenvalue weighted by molar-refractivity contribution is -0.386. The third kappa shape index (κ3) is 2.01. The fourth-order valence-electron chi connectivity index (χ4n) is 1.12. The number of aryl methyl sites for hydroxylation is 1. The number of hydrogen-bond donors (Lipinski definition) is 1. The standard InChI is InChI=1S/C8H8N2O5/c1-4-3-5(8(11)12)6(10(13)14)7(9-4)15-2/h3H,1-2H3,(H,11,12). The molecule has 0 saturated heterocycles. The molecule has 0 unspecified atom stereocenters. The molecule has 0 aliphatic heterocycles. The number of hydrogen-bond acceptors (Lipinski definition) is 5. The zero-order valence-corrected chi connectivity index (χ0v) is 8.05. The Hall–Kier alpha value is -2.18. The van der Waals surface area contributed by atoms with Crippen molar-refractivity contribution in [3.8, 4) is 5.88 Å². The van der Waals surface area contributed by atoms with E-state index in [9.17, 15) is 14.9 Å². The first-order valence-corrected chi connectivity index (χ1v) is 3.90. The van der Waals surface area contributed by atoms with Crippen LogP contribution in [0.5, 0.6) is 5.88 Å². The van der Waals surface area contributed by atoms with Gasteiger partial charge >= 0.3 is 11.7 Å². The molecule has 0 aliphatic carbocycles. The Morgan fingerprint density at radius 3 is 2.67 bits per heavy atom. The van der Waals surface area contributed by atoms with E-state index in [2.05, 4.69) is 9.72 Å². The minimum absolute atomic E-state index is 0.294. The summed E-state index contributed by atoms with van der Waals surface area (Å²) in [5.74, 6) is -1.68. The summed E-state index contributed by atoms with van der Waals surface area (Å²) in [6.45, 7) is 1.53. The van der Waals surface area contributed by atoms with Crippen LogP contribution in [0.15, 0.2) is 6.07 Å². The van der Waals surface area contributed by atoms with Crippen molar-refractivity contribution in [3.05, 3.63) is 27.4 Å². The normalized spacial score (nSPS) is 9.73. The lowest BCUT2D eigenvalue weighted by atomic mass is 10.2. The molecule has 1 aromatic heterocycles. The summed E-state index contributed by atoms with van der Waals surface area (Å²) in [6, 6.07) is 1.13. The molecule has 0 fully saturated rings. The molecule has 0 aliphatic rings. The van der Waals surface area contributed by atoms with Gasteiger partial charge < -0.3 is 9.84 Å². The van der Waals surface area contributed by atoms with Gasteiger partial charge in [-0.15, -0.1) is 0 Å². The van der Waals surface area contributed by atoms with E-state index in [0.717, 1.165) is 6.07 Å². The molecule has 0 aromatic carbocycles. The number of nitrogens with zero attached hydrogens (tertiary/aromatic N) is 2. The van der Waals surface area contributed by atoms with Crippen molar-refractivity contribution in [1.82, 2.24) is 4.98 Å². The summed E-state index contributed by atoms with van der Waals surface area (Å²) in [5, 5.41) is 19.4. The third-order valence-electron chi connectivity index (χ3n) is 1.70. The molecule has 0 radical (unpaired) electrons. The van der Waals surface area contributed by atoms with Gasteiger partial charge in [0.05, 0.1) is 12.0 Å². The minimum Gasteiger partial charge on any atom is -0.477 e. The van der Waals surface area contributed by atoms with E-state index >= 15 is 0 Å². The Kier molecular flexibility index (Phi) is 2.84. The van der Waals surface area contributed by atoms with Gasteiger partial charge in [-0.05, 0) is 13.0 Å². The van der Waals surface area contributed by atoms with Crippen LogP contribution in [0.3, 0.4) is 0 Å². The predicted molar refractivity (Wildman–Crippen MR) is 49.1 cm³/mol. The highest BCUT2D eigenvalue weighted by atomic mass is 16.6. The van der Waals surface area contributed by atoms with Gasteiger partial charge in [0.2, 0.25) is 0 Å². The second-order valence-electron chi connectivity index (χ2n) is 2.73. The van der Waals surface area contributed by atoms with E-state index in [0.29, 0.717) is 5.69 Å². The fraction of sp³-hybridized carbons (Fsp3) is 0.250. The second kappa shape index (κ2) is 3.91. The number of carbonyl (C=O) groups is 1. The molecule has 15 heavy (non-hydrogen) atoms. The number of nitro groups is 1. The Balaban J connectivity index is 3.54. The molecule has 0 spiro atoms. The maximum Gasteiger partial charge on any atom is 0.345 e. The molecule has 0 atom stereocenters. The van der Waals surface area contributed by atoms with Gasteiger partial charge in [-0.3, -0.25) is 10.1 Å². The zero-order valence-electron chi connectivity index (χ0n) is 8.05. The highest BCUT2D eigenvalue weighted by Crippen LogP contribution is 2.29. The SMILES string of the molecule is COc1nc(C)cc(C(=O)O)c1[N+](=O)[O-]. The Bertz CT molecular complexity index is 429. The average Bonchev–Trinajstić information content (AvgIpc) is 2.15. The van der Waals surface area contributed by atoms with E-state index in [1.165, 1.54) is 14.0 Å². The number of methoxy groups -OCH3 is 1. The molecule has 1 aromatic rings. The van der Waals surface area contributed by atoms with E-state index in [-0.39, 0.29) is 5.88 Å². The Labute approximate surface area is 84.5 Å². The summed E-state index contributed by atoms with van der Waals surface area (Å²) in [4.78, 5) is 24.3. The van der Waals surface area contributed by atoms with Crippen molar-refractivity contribution >= 4 is 11.7 Å². The maximum absolute atomic E-state index is 10.8. The van der Waals surface area contributed by atoms with Crippen molar-refractivity contribution in [2.45, 2.75) is 6.92 Å². The number of pyridine rings is 1. The number of aromatic nitrogens is 1. The van der Waals surface area contributed by atoms with Crippen LogP contribution in [0, 0.1) is 17.0 Å². The third-order valence-corrected chi connectivity index (χ3v) is 1.70. The van der Waals surface area contributed by atoms with Gasteiger partial charge in [0.25, 0.3) is 5.88 Å². The van der Waals surface area contributed by atoms with Crippen LogP contribution in [0.25, 0.3) is 0 Å². The molecule has 1 N–H and O–H groups in total. The zero-order chi connectivity index (χ0) is 11.6. The Morgan fingerprint density at radius 1 is 1.67 bits per heavy atom. The maximum atomic E-state index is 10.8. The molecule has 7 nitrogen and oxygen atoms in total. The smallest absolute Gasteiger partial charge is 0.345 e. The average molecular weight is 212 g/mol. The highest BCUT2D eigenvalue weighted by molar-refractivity contribution is 5.93. The minimum atomic E-state index is -1.38. The van der Waals surface area contributed by atoms with Crippen molar-refractivity contribution in [2.24, 2.45) is 0 Å². The van der Waals surface area contributed by atoms with Crippen LogP contribution >= 0.6 is 0 Å². The van der Waals surface area contributed by atoms with Crippen LogP contribution < -0.4 is 4.74 Å². The van der Waals surface area contributed by atoms with E-state index < -0.39 is 22.1 Å². The van der Waals surface area contributed by atoms with Crippen LogP contribution in [0.4, 0.5) is 5.69 Å². The summed E-state index contributed by atoms with van der Waals surface area (Å²) in [5.41, 5.74) is -0.713. The predicted octanol–water partition coefficient (Wildman–Crippen LogP) is 1.01. The van der Waals surface area contributed by atoms with Crippen molar-refractivity contribution in [3.63, 3.8) is 0 Å². The number of carboxylic acids is 1. The first-order chi connectivity index (χ1) is 6.97.